The second-order valence-electron chi connectivity index (χ2n) is 6.50. The van der Waals surface area contributed by atoms with Crippen LogP contribution in [0.4, 0.5) is 5.13 Å². The molecular formula is C21H19N3O4S. The van der Waals surface area contributed by atoms with E-state index >= 15 is 0 Å². The maximum atomic E-state index is 12.7. The fourth-order valence-electron chi connectivity index (χ4n) is 3.07. The number of methoxy groups -OCH3 is 2. The first kappa shape index (κ1) is 18.9. The van der Waals surface area contributed by atoms with Gasteiger partial charge in [-0.1, -0.05) is 12.1 Å². The number of rotatable bonds is 5. The Bertz CT molecular complexity index is 1210. The molecule has 29 heavy (non-hydrogen) atoms. The van der Waals surface area contributed by atoms with E-state index in [1.165, 1.54) is 0 Å². The largest absolute Gasteiger partial charge is 0.493 e. The van der Waals surface area contributed by atoms with Gasteiger partial charge in [0.15, 0.2) is 23.1 Å². The Labute approximate surface area is 171 Å². The average Bonchev–Trinajstić information content (AvgIpc) is 3.31. The van der Waals surface area contributed by atoms with Gasteiger partial charge in [0.2, 0.25) is 5.13 Å². The van der Waals surface area contributed by atoms with Crippen LogP contribution in [0.25, 0.3) is 22.4 Å². The summed E-state index contributed by atoms with van der Waals surface area (Å²) in [6.07, 6.45) is 0. The molecule has 0 aliphatic rings. The molecule has 0 radical (unpaired) electrons. The maximum Gasteiger partial charge on any atom is 0.293 e. The molecule has 0 fully saturated rings. The van der Waals surface area contributed by atoms with Crippen LogP contribution in [-0.2, 0) is 0 Å². The highest BCUT2D eigenvalue weighted by atomic mass is 32.1. The summed E-state index contributed by atoms with van der Waals surface area (Å²) in [7, 11) is 3.15. The van der Waals surface area contributed by atoms with Crippen molar-refractivity contribution in [3.05, 3.63) is 53.3 Å². The van der Waals surface area contributed by atoms with E-state index in [2.05, 4.69) is 14.7 Å². The molecule has 8 heteroatoms. The van der Waals surface area contributed by atoms with Gasteiger partial charge in [-0.25, -0.2) is 0 Å². The highest BCUT2D eigenvalue weighted by Crippen LogP contribution is 2.32. The Balaban J connectivity index is 1.58. The van der Waals surface area contributed by atoms with Gasteiger partial charge in [-0.15, -0.1) is 0 Å². The number of ether oxygens (including phenoxy) is 2. The van der Waals surface area contributed by atoms with Gasteiger partial charge in [0.05, 0.1) is 14.2 Å². The fourth-order valence-corrected chi connectivity index (χ4v) is 3.65. The first-order valence-corrected chi connectivity index (χ1v) is 9.64. The van der Waals surface area contributed by atoms with Crippen molar-refractivity contribution in [2.75, 3.05) is 19.5 Å². The summed E-state index contributed by atoms with van der Waals surface area (Å²) in [6, 6.07) is 11.3. The van der Waals surface area contributed by atoms with Crippen molar-refractivity contribution in [2.24, 2.45) is 0 Å². The lowest BCUT2D eigenvalue weighted by Gasteiger charge is -2.07. The number of anilines is 1. The summed E-state index contributed by atoms with van der Waals surface area (Å²) < 4.78 is 20.7. The van der Waals surface area contributed by atoms with Crippen molar-refractivity contribution in [3.63, 3.8) is 0 Å². The molecule has 2 heterocycles. The van der Waals surface area contributed by atoms with E-state index in [9.17, 15) is 4.79 Å². The number of hydrogen-bond donors (Lipinski definition) is 1. The van der Waals surface area contributed by atoms with Gasteiger partial charge in [-0.05, 0) is 43.7 Å². The van der Waals surface area contributed by atoms with Crippen LogP contribution >= 0.6 is 11.5 Å². The van der Waals surface area contributed by atoms with Crippen molar-refractivity contribution < 1.29 is 18.7 Å². The number of amides is 1. The fraction of sp³-hybridized carbons (Fsp3) is 0.190. The summed E-state index contributed by atoms with van der Waals surface area (Å²) in [6.45, 7) is 3.85. The lowest BCUT2D eigenvalue weighted by molar-refractivity contribution is 0.0998. The zero-order chi connectivity index (χ0) is 20.5. The van der Waals surface area contributed by atoms with Gasteiger partial charge in [0.1, 0.15) is 5.58 Å². The quantitative estimate of drug-likeness (QED) is 0.508. The Morgan fingerprint density at radius 2 is 1.86 bits per heavy atom. The summed E-state index contributed by atoms with van der Waals surface area (Å²) in [5.41, 5.74) is 3.31. The highest BCUT2D eigenvalue weighted by molar-refractivity contribution is 7.10. The van der Waals surface area contributed by atoms with E-state index in [0.717, 1.165) is 33.6 Å². The molecule has 2 aromatic carbocycles. The van der Waals surface area contributed by atoms with Gasteiger partial charge in [-0.2, -0.15) is 9.36 Å². The van der Waals surface area contributed by atoms with Gasteiger partial charge in [0, 0.05) is 28.0 Å². The number of benzene rings is 2. The van der Waals surface area contributed by atoms with Crippen molar-refractivity contribution >= 4 is 33.5 Å². The van der Waals surface area contributed by atoms with Gasteiger partial charge >= 0.3 is 0 Å². The predicted molar refractivity (Wildman–Crippen MR) is 112 cm³/mol. The maximum absolute atomic E-state index is 12.7. The van der Waals surface area contributed by atoms with Gasteiger partial charge in [-0.3, -0.25) is 10.1 Å². The van der Waals surface area contributed by atoms with E-state index in [1.54, 1.807) is 26.4 Å². The number of aromatic nitrogens is 2. The second-order valence-corrected chi connectivity index (χ2v) is 7.25. The van der Waals surface area contributed by atoms with Crippen LogP contribution < -0.4 is 14.8 Å². The van der Waals surface area contributed by atoms with Crippen molar-refractivity contribution in [2.45, 2.75) is 13.8 Å². The minimum absolute atomic E-state index is 0.272. The number of aryl methyl sites for hydroxylation is 2. The van der Waals surface area contributed by atoms with Crippen LogP contribution in [0.5, 0.6) is 11.5 Å². The smallest absolute Gasteiger partial charge is 0.293 e. The van der Waals surface area contributed by atoms with Crippen molar-refractivity contribution in [3.8, 4) is 22.9 Å². The van der Waals surface area contributed by atoms with E-state index in [-0.39, 0.29) is 11.7 Å². The van der Waals surface area contributed by atoms with E-state index in [4.69, 9.17) is 13.9 Å². The average molecular weight is 409 g/mol. The molecule has 0 saturated carbocycles. The van der Waals surface area contributed by atoms with Crippen LogP contribution in [0, 0.1) is 13.8 Å². The molecule has 0 aliphatic heterocycles. The summed E-state index contributed by atoms with van der Waals surface area (Å²) in [5, 5.41) is 4.08. The predicted octanol–water partition coefficient (Wildman–Crippen LogP) is 4.84. The summed E-state index contributed by atoms with van der Waals surface area (Å²) in [4.78, 5) is 17.1. The molecule has 4 rings (SSSR count). The lowest BCUT2D eigenvalue weighted by Crippen LogP contribution is -2.11. The van der Waals surface area contributed by atoms with Gasteiger partial charge in [0.25, 0.3) is 5.91 Å². The Hall–Kier alpha value is -3.39. The van der Waals surface area contributed by atoms with E-state index in [0.29, 0.717) is 28.0 Å². The van der Waals surface area contributed by atoms with Crippen LogP contribution in [0.1, 0.15) is 21.7 Å². The molecular weight excluding hydrogens is 390 g/mol. The zero-order valence-electron chi connectivity index (χ0n) is 16.4. The molecule has 0 aliphatic carbocycles. The number of nitrogens with one attached hydrogen (secondary N) is 1. The van der Waals surface area contributed by atoms with E-state index in [1.807, 2.05) is 38.1 Å². The van der Waals surface area contributed by atoms with Crippen molar-refractivity contribution in [1.82, 2.24) is 9.36 Å². The number of fused-ring (bicyclic) bond motifs is 1. The van der Waals surface area contributed by atoms with Crippen LogP contribution in [0.15, 0.2) is 40.8 Å². The molecule has 0 bridgehead atoms. The molecule has 0 saturated heterocycles. The van der Waals surface area contributed by atoms with Crippen LogP contribution in [0.3, 0.4) is 0 Å². The number of carbonyl (C=O) groups is 1. The molecule has 148 valence electrons. The third-order valence-electron chi connectivity index (χ3n) is 4.59. The second kappa shape index (κ2) is 7.56. The first-order chi connectivity index (χ1) is 14.0. The molecule has 0 spiro atoms. The molecule has 1 amide bonds. The molecule has 2 aromatic heterocycles. The normalized spacial score (nSPS) is 10.9. The van der Waals surface area contributed by atoms with Crippen molar-refractivity contribution in [1.29, 1.82) is 0 Å². The topological polar surface area (TPSA) is 86.5 Å². The monoisotopic (exact) mass is 409 g/mol. The Kier molecular flexibility index (Phi) is 4.94. The van der Waals surface area contributed by atoms with E-state index < -0.39 is 0 Å². The summed E-state index contributed by atoms with van der Waals surface area (Å²) in [5.74, 6) is 1.61. The third-order valence-corrected chi connectivity index (χ3v) is 5.22. The molecule has 0 atom stereocenters. The molecule has 7 nitrogen and oxygen atoms in total. The lowest BCUT2D eigenvalue weighted by atomic mass is 10.1. The SMILES string of the molecule is COc1ccc(-c2nsc(NC(=O)c3oc4cc(C)ccc4c3C)n2)cc1OC. The molecule has 1 N–H and O–H groups in total. The standard InChI is InChI=1S/C21H19N3O4S/c1-11-5-7-14-12(2)18(28-16(14)9-11)20(25)23-21-22-19(24-29-21)13-6-8-15(26-3)17(10-13)27-4/h5-10H,1-4H3,(H,22,23,24,25). The zero-order valence-corrected chi connectivity index (χ0v) is 17.2. The minimum Gasteiger partial charge on any atom is -0.493 e. The summed E-state index contributed by atoms with van der Waals surface area (Å²) >= 11 is 1.10. The van der Waals surface area contributed by atoms with Crippen LogP contribution in [0.2, 0.25) is 0 Å². The van der Waals surface area contributed by atoms with Crippen LogP contribution in [-0.4, -0.2) is 29.5 Å². The third kappa shape index (κ3) is 3.54. The minimum atomic E-state index is -0.355. The first-order valence-electron chi connectivity index (χ1n) is 8.87. The molecule has 0 unspecified atom stereocenters. The number of furan rings is 1. The Morgan fingerprint density at radius 3 is 2.62 bits per heavy atom. The molecule has 4 aromatic rings. The number of hydrogen-bond acceptors (Lipinski definition) is 7. The highest BCUT2D eigenvalue weighted by Gasteiger charge is 2.20. The number of nitrogens with zero attached hydrogens (tertiary/aromatic N) is 2. The number of carbonyl (C=O) groups excluding carboxylic acids is 1. The van der Waals surface area contributed by atoms with Gasteiger partial charge < -0.3 is 13.9 Å². The Morgan fingerprint density at radius 1 is 1.07 bits per heavy atom.